The van der Waals surface area contributed by atoms with Crippen molar-refractivity contribution in [2.45, 2.75) is 12.1 Å². The van der Waals surface area contributed by atoms with Gasteiger partial charge in [-0.3, -0.25) is 24.3 Å². The maximum atomic E-state index is 12.5. The molecule has 29 heavy (non-hydrogen) atoms. The molecule has 0 aliphatic heterocycles. The molecule has 0 unspecified atom stereocenters. The first-order valence-electron chi connectivity index (χ1n) is 8.38. The fraction of sp³-hybridized carbons (Fsp3) is 0.105. The van der Waals surface area contributed by atoms with E-state index in [0.29, 0.717) is 26.7 Å². The van der Waals surface area contributed by atoms with E-state index in [-0.39, 0.29) is 22.9 Å². The Morgan fingerprint density at radius 3 is 2.62 bits per heavy atom. The topological polar surface area (TPSA) is 107 Å². The Bertz CT molecular complexity index is 1130. The van der Waals surface area contributed by atoms with Crippen molar-refractivity contribution < 1.29 is 9.72 Å². The lowest BCUT2D eigenvalue weighted by Gasteiger charge is -2.12. The molecular formula is C19H15BrN4O4S. The maximum absolute atomic E-state index is 12.5. The van der Waals surface area contributed by atoms with Crippen LogP contribution in [0.1, 0.15) is 5.69 Å². The number of benzene rings is 2. The van der Waals surface area contributed by atoms with Crippen LogP contribution in [0.4, 0.5) is 11.4 Å². The molecule has 3 aromatic rings. The number of hydrogen-bond donors (Lipinski definition) is 1. The molecule has 0 fully saturated rings. The first-order chi connectivity index (χ1) is 13.8. The predicted octanol–water partition coefficient (Wildman–Crippen LogP) is 3.94. The lowest BCUT2D eigenvalue weighted by molar-refractivity contribution is -0.384. The van der Waals surface area contributed by atoms with Crippen LogP contribution < -0.4 is 10.9 Å². The number of halogens is 1. The zero-order chi connectivity index (χ0) is 21.0. The van der Waals surface area contributed by atoms with Gasteiger partial charge in [0.15, 0.2) is 5.16 Å². The van der Waals surface area contributed by atoms with Crippen LogP contribution in [0.3, 0.4) is 0 Å². The number of amides is 1. The van der Waals surface area contributed by atoms with Crippen molar-refractivity contribution in [3.05, 3.63) is 85.2 Å². The van der Waals surface area contributed by atoms with Crippen LogP contribution in [0, 0.1) is 17.0 Å². The van der Waals surface area contributed by atoms with Gasteiger partial charge in [-0.1, -0.05) is 30.0 Å². The highest BCUT2D eigenvalue weighted by Gasteiger charge is 2.14. The van der Waals surface area contributed by atoms with Crippen molar-refractivity contribution in [3.63, 3.8) is 0 Å². The molecule has 0 saturated carbocycles. The molecule has 0 spiro atoms. The van der Waals surface area contributed by atoms with Gasteiger partial charge >= 0.3 is 0 Å². The quantitative estimate of drug-likeness (QED) is 0.251. The summed E-state index contributed by atoms with van der Waals surface area (Å²) in [7, 11) is 0. The van der Waals surface area contributed by atoms with E-state index in [9.17, 15) is 19.7 Å². The number of anilines is 1. The van der Waals surface area contributed by atoms with Gasteiger partial charge in [0, 0.05) is 28.4 Å². The third-order valence-corrected chi connectivity index (χ3v) is 5.40. The molecule has 1 N–H and O–H groups in total. The molecule has 0 radical (unpaired) electrons. The SMILES string of the molecule is Cc1cc(=O)n(-c2ccccc2)c(SCC(=O)Nc2ccc([N+](=O)[O-])cc2Br)n1. The number of carbonyl (C=O) groups excluding carboxylic acids is 1. The number of aromatic nitrogens is 2. The van der Waals surface area contributed by atoms with Crippen LogP contribution in [0.2, 0.25) is 0 Å². The molecule has 1 amide bonds. The normalized spacial score (nSPS) is 10.6. The number of hydrogen-bond acceptors (Lipinski definition) is 6. The molecule has 0 aliphatic rings. The molecule has 0 aliphatic carbocycles. The molecule has 148 valence electrons. The molecule has 0 bridgehead atoms. The standard InChI is InChI=1S/C19H15BrN4O4S/c1-12-9-18(26)23(13-5-3-2-4-6-13)19(21-12)29-11-17(25)22-16-8-7-14(24(27)28)10-15(16)20/h2-10H,11H2,1H3,(H,22,25). The summed E-state index contributed by atoms with van der Waals surface area (Å²) in [6.45, 7) is 1.72. The molecule has 1 heterocycles. The van der Waals surface area contributed by atoms with Crippen molar-refractivity contribution in [2.24, 2.45) is 0 Å². The Labute approximate surface area is 178 Å². The van der Waals surface area contributed by atoms with E-state index in [0.717, 1.165) is 11.8 Å². The van der Waals surface area contributed by atoms with Crippen molar-refractivity contribution in [1.29, 1.82) is 0 Å². The van der Waals surface area contributed by atoms with E-state index in [1.807, 2.05) is 18.2 Å². The molecular weight excluding hydrogens is 460 g/mol. The van der Waals surface area contributed by atoms with Gasteiger partial charge in [-0.15, -0.1) is 0 Å². The van der Waals surface area contributed by atoms with Gasteiger partial charge in [0.25, 0.3) is 11.2 Å². The Morgan fingerprint density at radius 2 is 1.97 bits per heavy atom. The third-order valence-electron chi connectivity index (χ3n) is 3.80. The average molecular weight is 475 g/mol. The number of carbonyl (C=O) groups is 1. The van der Waals surface area contributed by atoms with Crippen molar-refractivity contribution in [1.82, 2.24) is 9.55 Å². The largest absolute Gasteiger partial charge is 0.324 e. The van der Waals surface area contributed by atoms with Crippen molar-refractivity contribution in [3.8, 4) is 5.69 Å². The van der Waals surface area contributed by atoms with E-state index in [2.05, 4.69) is 26.2 Å². The summed E-state index contributed by atoms with van der Waals surface area (Å²) in [4.78, 5) is 39.5. The van der Waals surface area contributed by atoms with E-state index < -0.39 is 4.92 Å². The summed E-state index contributed by atoms with van der Waals surface area (Å²) >= 11 is 4.35. The highest BCUT2D eigenvalue weighted by Crippen LogP contribution is 2.27. The van der Waals surface area contributed by atoms with Gasteiger partial charge in [-0.2, -0.15) is 0 Å². The third kappa shape index (κ3) is 5.09. The predicted molar refractivity (Wildman–Crippen MR) is 115 cm³/mol. The summed E-state index contributed by atoms with van der Waals surface area (Å²) in [6.07, 6.45) is 0. The van der Waals surface area contributed by atoms with Gasteiger partial charge in [-0.05, 0) is 41.1 Å². The first kappa shape index (κ1) is 20.7. The van der Waals surface area contributed by atoms with Crippen LogP contribution in [0.15, 0.2) is 69.0 Å². The van der Waals surface area contributed by atoms with Crippen LogP contribution in [-0.2, 0) is 4.79 Å². The lowest BCUT2D eigenvalue weighted by atomic mass is 10.3. The monoisotopic (exact) mass is 474 g/mol. The minimum absolute atomic E-state index is 0.00611. The average Bonchev–Trinajstić information content (AvgIpc) is 2.68. The van der Waals surface area contributed by atoms with Gasteiger partial charge in [-0.25, -0.2) is 4.98 Å². The van der Waals surface area contributed by atoms with E-state index >= 15 is 0 Å². The van der Waals surface area contributed by atoms with E-state index in [1.54, 1.807) is 19.1 Å². The molecule has 2 aromatic carbocycles. The Kier molecular flexibility index (Phi) is 6.45. The first-order valence-corrected chi connectivity index (χ1v) is 10.2. The number of thioether (sulfide) groups is 1. The highest BCUT2D eigenvalue weighted by atomic mass is 79.9. The number of aryl methyl sites for hydroxylation is 1. The fourth-order valence-corrected chi connectivity index (χ4v) is 3.85. The van der Waals surface area contributed by atoms with Crippen LogP contribution in [0.5, 0.6) is 0 Å². The zero-order valence-corrected chi connectivity index (χ0v) is 17.6. The number of nitrogens with zero attached hydrogens (tertiary/aromatic N) is 3. The number of nitro groups is 1. The molecule has 1 aromatic heterocycles. The number of rotatable bonds is 6. The lowest BCUT2D eigenvalue weighted by Crippen LogP contribution is -2.22. The summed E-state index contributed by atoms with van der Waals surface area (Å²) in [6, 6.07) is 14.6. The molecule has 10 heteroatoms. The number of non-ortho nitro benzene ring substituents is 1. The summed E-state index contributed by atoms with van der Waals surface area (Å²) in [5, 5.41) is 13.9. The number of para-hydroxylation sites is 1. The van der Waals surface area contributed by atoms with Crippen LogP contribution in [-0.4, -0.2) is 26.1 Å². The zero-order valence-electron chi connectivity index (χ0n) is 15.2. The highest BCUT2D eigenvalue weighted by molar-refractivity contribution is 9.10. The number of nitro benzene ring substituents is 1. The van der Waals surface area contributed by atoms with Gasteiger partial charge in [0.2, 0.25) is 5.91 Å². The molecule has 8 nitrogen and oxygen atoms in total. The van der Waals surface area contributed by atoms with E-state index in [1.165, 1.54) is 28.8 Å². The summed E-state index contributed by atoms with van der Waals surface area (Å²) in [5.41, 5.74) is 1.32. The minimum Gasteiger partial charge on any atom is -0.324 e. The second kappa shape index (κ2) is 9.01. The molecule has 3 rings (SSSR count). The van der Waals surface area contributed by atoms with Crippen molar-refractivity contribution >= 4 is 45.0 Å². The van der Waals surface area contributed by atoms with Crippen LogP contribution >= 0.6 is 27.7 Å². The maximum Gasteiger partial charge on any atom is 0.270 e. The Morgan fingerprint density at radius 1 is 1.24 bits per heavy atom. The summed E-state index contributed by atoms with van der Waals surface area (Å²) < 4.78 is 1.85. The van der Waals surface area contributed by atoms with Gasteiger partial charge < -0.3 is 5.32 Å². The van der Waals surface area contributed by atoms with E-state index in [4.69, 9.17) is 0 Å². The van der Waals surface area contributed by atoms with Crippen LogP contribution in [0.25, 0.3) is 5.69 Å². The Balaban J connectivity index is 1.77. The summed E-state index contributed by atoms with van der Waals surface area (Å²) in [5.74, 6) is -0.327. The molecule has 0 saturated heterocycles. The second-order valence-electron chi connectivity index (χ2n) is 5.95. The van der Waals surface area contributed by atoms with Gasteiger partial charge in [0.05, 0.1) is 22.1 Å². The second-order valence-corrected chi connectivity index (χ2v) is 7.74. The van der Waals surface area contributed by atoms with Crippen molar-refractivity contribution in [2.75, 3.05) is 11.1 Å². The number of nitrogens with one attached hydrogen (secondary N) is 1. The fourth-order valence-electron chi connectivity index (χ4n) is 2.52. The molecule has 0 atom stereocenters. The van der Waals surface area contributed by atoms with Gasteiger partial charge in [0.1, 0.15) is 0 Å². The Hall–Kier alpha value is -2.98. The minimum atomic E-state index is -0.515. The smallest absolute Gasteiger partial charge is 0.270 e.